The molecule has 6 heteroatoms. The molecule has 0 bridgehead atoms. The Labute approximate surface area is 110 Å². The van der Waals surface area contributed by atoms with Crippen molar-refractivity contribution in [2.75, 3.05) is 0 Å². The number of hydrogen-bond acceptors (Lipinski definition) is 2. The van der Waals surface area contributed by atoms with E-state index in [9.17, 15) is 18.0 Å². The summed E-state index contributed by atoms with van der Waals surface area (Å²) in [7, 11) is 0. The molecule has 0 amide bonds. The molecule has 0 radical (unpaired) electrons. The van der Waals surface area contributed by atoms with Crippen LogP contribution in [-0.2, 0) is 0 Å². The van der Waals surface area contributed by atoms with E-state index >= 15 is 0 Å². The van der Waals surface area contributed by atoms with E-state index in [0.717, 1.165) is 4.40 Å². The highest BCUT2D eigenvalue weighted by Gasteiger charge is 2.20. The van der Waals surface area contributed by atoms with Gasteiger partial charge in [-0.05, 0) is 18.2 Å². The predicted octanol–water partition coefficient (Wildman–Crippen LogP) is 2.74. The van der Waals surface area contributed by atoms with Crippen molar-refractivity contribution in [1.29, 1.82) is 5.26 Å². The molecule has 0 N–H and O–H groups in total. The third kappa shape index (κ3) is 1.43. The van der Waals surface area contributed by atoms with Crippen molar-refractivity contribution in [2.45, 2.75) is 0 Å². The van der Waals surface area contributed by atoms with E-state index in [4.69, 9.17) is 5.26 Å². The number of halogens is 3. The van der Waals surface area contributed by atoms with Gasteiger partial charge in [0.1, 0.15) is 11.6 Å². The van der Waals surface area contributed by atoms with Gasteiger partial charge in [0, 0.05) is 6.20 Å². The molecular weight excluding hydrogens is 269 g/mol. The molecule has 2 aromatic heterocycles. The molecular formula is C14H5F3N2O. The summed E-state index contributed by atoms with van der Waals surface area (Å²) in [5.41, 5.74) is -1.32. The summed E-state index contributed by atoms with van der Waals surface area (Å²) in [6.45, 7) is 0. The quantitative estimate of drug-likeness (QED) is 0.467. The van der Waals surface area contributed by atoms with Crippen LogP contribution in [0.4, 0.5) is 13.2 Å². The molecule has 3 aromatic rings. The van der Waals surface area contributed by atoms with Crippen molar-refractivity contribution in [3.05, 3.63) is 63.7 Å². The van der Waals surface area contributed by atoms with Crippen LogP contribution >= 0.6 is 0 Å². The largest absolute Gasteiger partial charge is 0.312 e. The average molecular weight is 274 g/mol. The van der Waals surface area contributed by atoms with Gasteiger partial charge in [-0.3, -0.25) is 4.79 Å². The first-order chi connectivity index (χ1) is 9.56. The monoisotopic (exact) mass is 274 g/mol. The zero-order valence-corrected chi connectivity index (χ0v) is 9.82. The van der Waals surface area contributed by atoms with E-state index in [-0.39, 0.29) is 22.0 Å². The second-order valence-electron chi connectivity index (χ2n) is 4.15. The van der Waals surface area contributed by atoms with Gasteiger partial charge in [-0.25, -0.2) is 13.2 Å². The van der Waals surface area contributed by atoms with Crippen LogP contribution in [0.1, 0.15) is 5.56 Å². The van der Waals surface area contributed by atoms with Gasteiger partial charge in [-0.2, -0.15) is 5.26 Å². The second kappa shape index (κ2) is 4.10. The first kappa shape index (κ1) is 12.2. The first-order valence-corrected chi connectivity index (χ1v) is 5.57. The van der Waals surface area contributed by atoms with Crippen molar-refractivity contribution in [3.8, 4) is 6.07 Å². The zero-order chi connectivity index (χ0) is 14.4. The van der Waals surface area contributed by atoms with Crippen molar-refractivity contribution in [3.63, 3.8) is 0 Å². The minimum atomic E-state index is -1.65. The fourth-order valence-electron chi connectivity index (χ4n) is 2.19. The molecule has 98 valence electrons. The van der Waals surface area contributed by atoms with Crippen LogP contribution in [-0.4, -0.2) is 4.40 Å². The van der Waals surface area contributed by atoms with Crippen LogP contribution in [0.5, 0.6) is 0 Å². The maximum atomic E-state index is 13.9. The maximum absolute atomic E-state index is 13.9. The van der Waals surface area contributed by atoms with E-state index in [1.807, 2.05) is 0 Å². The molecule has 0 aliphatic rings. The maximum Gasteiger partial charge on any atom is 0.208 e. The van der Waals surface area contributed by atoms with Gasteiger partial charge in [0.25, 0.3) is 0 Å². The minimum absolute atomic E-state index is 0.136. The Balaban J connectivity index is 2.78. The standard InChI is InChI=1S/C14H5F3N2O/c15-9-5-7-13(12(17)11(9)16)19-4-2-1-3-10(19)8(6-18)14(7)20/h1-5H. The lowest BCUT2D eigenvalue weighted by Gasteiger charge is -2.09. The molecule has 0 saturated carbocycles. The highest BCUT2D eigenvalue weighted by Crippen LogP contribution is 2.23. The number of hydrogen-bond donors (Lipinski definition) is 0. The molecule has 20 heavy (non-hydrogen) atoms. The number of aromatic nitrogens is 1. The van der Waals surface area contributed by atoms with Gasteiger partial charge in [-0.1, -0.05) is 6.07 Å². The topological polar surface area (TPSA) is 45.3 Å². The molecule has 0 saturated heterocycles. The van der Waals surface area contributed by atoms with Crippen LogP contribution in [0.25, 0.3) is 16.4 Å². The molecule has 1 aromatic carbocycles. The highest BCUT2D eigenvalue weighted by molar-refractivity contribution is 5.86. The Morgan fingerprint density at radius 1 is 1.15 bits per heavy atom. The van der Waals surface area contributed by atoms with Gasteiger partial charge in [0.05, 0.1) is 16.4 Å². The summed E-state index contributed by atoms with van der Waals surface area (Å²) in [5.74, 6) is -4.58. The van der Waals surface area contributed by atoms with Crippen molar-refractivity contribution >= 4 is 16.4 Å². The summed E-state index contributed by atoms with van der Waals surface area (Å²) in [6.07, 6.45) is 1.37. The average Bonchev–Trinajstić information content (AvgIpc) is 2.45. The van der Waals surface area contributed by atoms with Crippen molar-refractivity contribution in [1.82, 2.24) is 4.40 Å². The summed E-state index contributed by atoms with van der Waals surface area (Å²) >= 11 is 0. The minimum Gasteiger partial charge on any atom is -0.312 e. The van der Waals surface area contributed by atoms with Crippen LogP contribution in [0.15, 0.2) is 35.3 Å². The Morgan fingerprint density at radius 2 is 1.90 bits per heavy atom. The first-order valence-electron chi connectivity index (χ1n) is 5.57. The fraction of sp³-hybridized carbons (Fsp3) is 0. The molecule has 0 aliphatic carbocycles. The molecule has 2 heterocycles. The number of pyridine rings is 2. The molecule has 3 rings (SSSR count). The summed E-state index contributed by atoms with van der Waals surface area (Å²) < 4.78 is 41.8. The predicted molar refractivity (Wildman–Crippen MR) is 65.8 cm³/mol. The van der Waals surface area contributed by atoms with E-state index in [2.05, 4.69) is 0 Å². The van der Waals surface area contributed by atoms with Crippen LogP contribution in [0.2, 0.25) is 0 Å². The summed E-state index contributed by atoms with van der Waals surface area (Å²) in [4.78, 5) is 12.1. The smallest absolute Gasteiger partial charge is 0.208 e. The Kier molecular flexibility index (Phi) is 2.51. The van der Waals surface area contributed by atoms with E-state index < -0.39 is 22.9 Å². The van der Waals surface area contributed by atoms with E-state index in [1.54, 1.807) is 12.1 Å². The number of benzene rings is 1. The lowest BCUT2D eigenvalue weighted by Crippen LogP contribution is -2.13. The van der Waals surface area contributed by atoms with Gasteiger partial charge < -0.3 is 4.40 Å². The lowest BCUT2D eigenvalue weighted by atomic mass is 10.1. The summed E-state index contributed by atoms with van der Waals surface area (Å²) in [6, 6.07) is 6.83. The highest BCUT2D eigenvalue weighted by atomic mass is 19.2. The number of rotatable bonds is 0. The Bertz CT molecular complexity index is 970. The van der Waals surface area contributed by atoms with Gasteiger partial charge in [-0.15, -0.1) is 0 Å². The summed E-state index contributed by atoms with van der Waals surface area (Å²) in [5, 5.41) is 8.67. The molecule has 0 aliphatic heterocycles. The van der Waals surface area contributed by atoms with Gasteiger partial charge in [0.2, 0.25) is 5.43 Å². The SMILES string of the molecule is N#Cc1c(=O)c2cc(F)c(F)c(F)c2n2ccccc12. The molecule has 0 atom stereocenters. The van der Waals surface area contributed by atoms with Gasteiger partial charge in [0.15, 0.2) is 17.5 Å². The lowest BCUT2D eigenvalue weighted by molar-refractivity contribution is 0.452. The Hall–Kier alpha value is -2.81. The van der Waals surface area contributed by atoms with Crippen LogP contribution in [0, 0.1) is 28.8 Å². The molecule has 0 spiro atoms. The third-order valence-corrected chi connectivity index (χ3v) is 3.08. The second-order valence-corrected chi connectivity index (χ2v) is 4.15. The Morgan fingerprint density at radius 3 is 2.60 bits per heavy atom. The van der Waals surface area contributed by atoms with Crippen molar-refractivity contribution < 1.29 is 13.2 Å². The van der Waals surface area contributed by atoms with Crippen LogP contribution in [0.3, 0.4) is 0 Å². The number of nitrogens with zero attached hydrogens (tertiary/aromatic N) is 2. The molecule has 0 fully saturated rings. The van der Waals surface area contributed by atoms with Crippen LogP contribution < -0.4 is 5.43 Å². The van der Waals surface area contributed by atoms with E-state index in [0.29, 0.717) is 6.07 Å². The fourth-order valence-corrected chi connectivity index (χ4v) is 2.19. The number of fused-ring (bicyclic) bond motifs is 3. The number of nitriles is 1. The third-order valence-electron chi connectivity index (χ3n) is 3.08. The normalized spacial score (nSPS) is 10.9. The molecule has 3 nitrogen and oxygen atoms in total. The molecule has 0 unspecified atom stereocenters. The van der Waals surface area contributed by atoms with Crippen molar-refractivity contribution in [2.24, 2.45) is 0 Å². The zero-order valence-electron chi connectivity index (χ0n) is 9.82. The van der Waals surface area contributed by atoms with Gasteiger partial charge >= 0.3 is 0 Å². The van der Waals surface area contributed by atoms with E-state index in [1.165, 1.54) is 18.3 Å².